The third kappa shape index (κ3) is 3.04. The number of rotatable bonds is 3. The summed E-state index contributed by atoms with van der Waals surface area (Å²) in [5.74, 6) is -0.808. The van der Waals surface area contributed by atoms with Gasteiger partial charge in [0, 0.05) is 12.4 Å². The number of hydrogen-bond acceptors (Lipinski definition) is 4. The Morgan fingerprint density at radius 3 is 2.65 bits per heavy atom. The van der Waals surface area contributed by atoms with E-state index in [1.165, 1.54) is 24.4 Å². The molecule has 2 aromatic rings. The molecule has 1 aromatic heterocycles. The SMILES string of the molecule is N#Cc1ccc(NS(=O)(=O)c2cncc(Cl)c2)cc1F. The molecule has 0 saturated carbocycles. The van der Waals surface area contributed by atoms with Crippen molar-refractivity contribution in [2.24, 2.45) is 0 Å². The molecule has 0 aliphatic carbocycles. The average molecular weight is 312 g/mol. The van der Waals surface area contributed by atoms with Gasteiger partial charge in [-0.3, -0.25) is 9.71 Å². The fourth-order valence-corrected chi connectivity index (χ4v) is 2.70. The van der Waals surface area contributed by atoms with E-state index < -0.39 is 15.8 Å². The highest BCUT2D eigenvalue weighted by Crippen LogP contribution is 2.19. The van der Waals surface area contributed by atoms with Crippen LogP contribution in [0.2, 0.25) is 5.02 Å². The van der Waals surface area contributed by atoms with Gasteiger partial charge in [0.15, 0.2) is 0 Å². The van der Waals surface area contributed by atoms with Gasteiger partial charge in [-0.25, -0.2) is 12.8 Å². The lowest BCUT2D eigenvalue weighted by Gasteiger charge is -2.08. The molecule has 1 N–H and O–H groups in total. The fourth-order valence-electron chi connectivity index (χ4n) is 1.42. The van der Waals surface area contributed by atoms with Crippen LogP contribution in [0.25, 0.3) is 0 Å². The van der Waals surface area contributed by atoms with Gasteiger partial charge in [-0.1, -0.05) is 11.6 Å². The summed E-state index contributed by atoms with van der Waals surface area (Å²) >= 11 is 5.67. The number of sulfonamides is 1. The summed E-state index contributed by atoms with van der Waals surface area (Å²) in [6, 6.07) is 6.26. The topological polar surface area (TPSA) is 82.9 Å². The second-order valence-corrected chi connectivity index (χ2v) is 5.87. The summed E-state index contributed by atoms with van der Waals surface area (Å²) in [4.78, 5) is 3.53. The molecule has 0 aliphatic rings. The van der Waals surface area contributed by atoms with E-state index in [2.05, 4.69) is 9.71 Å². The van der Waals surface area contributed by atoms with Gasteiger partial charge in [0.1, 0.15) is 16.8 Å². The minimum atomic E-state index is -3.92. The van der Waals surface area contributed by atoms with Crippen molar-refractivity contribution in [3.8, 4) is 6.07 Å². The van der Waals surface area contributed by atoms with Gasteiger partial charge in [-0.05, 0) is 24.3 Å². The first-order chi connectivity index (χ1) is 9.42. The van der Waals surface area contributed by atoms with Crippen LogP contribution in [0.5, 0.6) is 0 Å². The lowest BCUT2D eigenvalue weighted by molar-refractivity contribution is 0.600. The van der Waals surface area contributed by atoms with E-state index in [-0.39, 0.29) is 21.2 Å². The van der Waals surface area contributed by atoms with E-state index in [9.17, 15) is 12.8 Å². The monoisotopic (exact) mass is 311 g/mol. The minimum Gasteiger partial charge on any atom is -0.279 e. The Morgan fingerprint density at radius 1 is 1.30 bits per heavy atom. The lowest BCUT2D eigenvalue weighted by Crippen LogP contribution is -2.13. The van der Waals surface area contributed by atoms with Crippen LogP contribution in [0.1, 0.15) is 5.56 Å². The Bertz CT molecular complexity index is 803. The molecule has 1 heterocycles. The molecule has 102 valence electrons. The van der Waals surface area contributed by atoms with Crippen LogP contribution < -0.4 is 4.72 Å². The Morgan fingerprint density at radius 2 is 2.05 bits per heavy atom. The summed E-state index contributed by atoms with van der Waals surface area (Å²) in [5.41, 5.74) is -0.168. The van der Waals surface area contributed by atoms with E-state index in [0.29, 0.717) is 0 Å². The molecule has 0 aliphatic heterocycles. The van der Waals surface area contributed by atoms with Crippen LogP contribution in [0.4, 0.5) is 10.1 Å². The molecule has 0 radical (unpaired) electrons. The normalized spacial score (nSPS) is 10.8. The third-order valence-corrected chi connectivity index (χ3v) is 3.89. The van der Waals surface area contributed by atoms with Crippen LogP contribution >= 0.6 is 11.6 Å². The Kier molecular flexibility index (Phi) is 3.88. The van der Waals surface area contributed by atoms with E-state index in [4.69, 9.17) is 16.9 Å². The second kappa shape index (κ2) is 5.45. The molecule has 0 amide bonds. The standard InChI is InChI=1S/C12H7ClFN3O2S/c13-9-3-11(7-16-6-9)20(18,19)17-10-2-1-8(5-15)12(14)4-10/h1-4,6-7,17H. The first kappa shape index (κ1) is 14.2. The molecule has 0 unspecified atom stereocenters. The highest BCUT2D eigenvalue weighted by atomic mass is 35.5. The summed E-state index contributed by atoms with van der Waals surface area (Å²) in [7, 11) is -3.92. The van der Waals surface area contributed by atoms with Crippen molar-refractivity contribution in [1.82, 2.24) is 4.98 Å². The van der Waals surface area contributed by atoms with Crippen LogP contribution in [-0.4, -0.2) is 13.4 Å². The Hall–Kier alpha value is -2.17. The molecular weight excluding hydrogens is 305 g/mol. The number of nitriles is 1. The van der Waals surface area contributed by atoms with Crippen LogP contribution in [0, 0.1) is 17.1 Å². The number of nitrogens with zero attached hydrogens (tertiary/aromatic N) is 2. The maximum absolute atomic E-state index is 13.4. The predicted molar refractivity (Wildman–Crippen MR) is 71.2 cm³/mol. The number of anilines is 1. The molecule has 0 bridgehead atoms. The van der Waals surface area contributed by atoms with Gasteiger partial charge >= 0.3 is 0 Å². The van der Waals surface area contributed by atoms with Gasteiger partial charge in [-0.15, -0.1) is 0 Å². The van der Waals surface area contributed by atoms with E-state index >= 15 is 0 Å². The molecule has 0 spiro atoms. The third-order valence-electron chi connectivity index (χ3n) is 2.33. The first-order valence-electron chi connectivity index (χ1n) is 5.25. The Labute approximate surface area is 119 Å². The van der Waals surface area contributed by atoms with Crippen molar-refractivity contribution in [1.29, 1.82) is 5.26 Å². The number of halogens is 2. The molecular formula is C12H7ClFN3O2S. The Balaban J connectivity index is 2.34. The molecule has 0 saturated heterocycles. The van der Waals surface area contributed by atoms with Crippen molar-refractivity contribution in [2.45, 2.75) is 4.90 Å². The number of benzene rings is 1. The largest absolute Gasteiger partial charge is 0.279 e. The van der Waals surface area contributed by atoms with Gasteiger partial charge in [-0.2, -0.15) is 5.26 Å². The van der Waals surface area contributed by atoms with Gasteiger partial charge in [0.2, 0.25) is 0 Å². The number of hydrogen-bond donors (Lipinski definition) is 1. The molecule has 2 rings (SSSR count). The number of pyridine rings is 1. The minimum absolute atomic E-state index is 0.00137. The molecule has 5 nitrogen and oxygen atoms in total. The molecule has 1 aromatic carbocycles. The summed E-state index contributed by atoms with van der Waals surface area (Å²) in [6.45, 7) is 0. The highest BCUT2D eigenvalue weighted by Gasteiger charge is 2.16. The van der Waals surface area contributed by atoms with Gasteiger partial charge in [0.25, 0.3) is 10.0 Å². The zero-order valence-corrected chi connectivity index (χ0v) is 11.4. The van der Waals surface area contributed by atoms with E-state index in [0.717, 1.165) is 12.3 Å². The number of nitrogens with one attached hydrogen (secondary N) is 1. The lowest BCUT2D eigenvalue weighted by atomic mass is 10.2. The fraction of sp³-hybridized carbons (Fsp3) is 0. The van der Waals surface area contributed by atoms with Crippen molar-refractivity contribution in [2.75, 3.05) is 4.72 Å². The molecule has 0 atom stereocenters. The summed E-state index contributed by atoms with van der Waals surface area (Å²) in [6.07, 6.45) is 2.41. The van der Waals surface area contributed by atoms with Crippen molar-refractivity contribution >= 4 is 27.3 Å². The van der Waals surface area contributed by atoms with Crippen molar-refractivity contribution in [3.05, 3.63) is 53.1 Å². The number of aromatic nitrogens is 1. The highest BCUT2D eigenvalue weighted by molar-refractivity contribution is 7.92. The smallest absolute Gasteiger partial charge is 0.263 e. The maximum atomic E-state index is 13.4. The first-order valence-corrected chi connectivity index (χ1v) is 7.11. The molecule has 20 heavy (non-hydrogen) atoms. The second-order valence-electron chi connectivity index (χ2n) is 3.75. The van der Waals surface area contributed by atoms with E-state index in [1.54, 1.807) is 6.07 Å². The zero-order chi connectivity index (χ0) is 14.8. The van der Waals surface area contributed by atoms with Crippen LogP contribution in [0.3, 0.4) is 0 Å². The molecule has 0 fully saturated rings. The average Bonchev–Trinajstić information content (AvgIpc) is 2.38. The van der Waals surface area contributed by atoms with Gasteiger partial charge in [0.05, 0.1) is 16.3 Å². The van der Waals surface area contributed by atoms with Crippen LogP contribution in [-0.2, 0) is 10.0 Å². The molecule has 8 heteroatoms. The van der Waals surface area contributed by atoms with E-state index in [1.807, 2.05) is 0 Å². The quantitative estimate of drug-likeness (QED) is 0.944. The van der Waals surface area contributed by atoms with Gasteiger partial charge < -0.3 is 0 Å². The van der Waals surface area contributed by atoms with Crippen molar-refractivity contribution in [3.63, 3.8) is 0 Å². The van der Waals surface area contributed by atoms with Crippen LogP contribution in [0.15, 0.2) is 41.6 Å². The zero-order valence-electron chi connectivity index (χ0n) is 9.84. The van der Waals surface area contributed by atoms with Crippen molar-refractivity contribution < 1.29 is 12.8 Å². The summed E-state index contributed by atoms with van der Waals surface area (Å²) in [5, 5.41) is 8.76. The summed E-state index contributed by atoms with van der Waals surface area (Å²) < 4.78 is 39.6. The predicted octanol–water partition coefficient (Wildman–Crippen LogP) is 2.55. The maximum Gasteiger partial charge on any atom is 0.263 e.